The number of rotatable bonds is 8. The lowest BCUT2D eigenvalue weighted by Gasteiger charge is -2.27. The van der Waals surface area contributed by atoms with E-state index in [1.54, 1.807) is 6.92 Å². The quantitative estimate of drug-likeness (QED) is 0.489. The molecule has 0 rings (SSSR count). The van der Waals surface area contributed by atoms with E-state index >= 15 is 0 Å². The SMILES string of the molecule is CCNC(=O)CCNCC(C)(O)CN(C)C. The van der Waals surface area contributed by atoms with Gasteiger partial charge in [0, 0.05) is 32.6 Å². The number of carbonyl (C=O) groups is 1. The van der Waals surface area contributed by atoms with Crippen LogP contribution in [0.1, 0.15) is 20.3 Å². The number of nitrogens with one attached hydrogen (secondary N) is 2. The molecule has 0 aromatic carbocycles. The molecule has 0 aliphatic rings. The Labute approximate surface area is 98.2 Å². The molecule has 0 aromatic heterocycles. The Kier molecular flexibility index (Phi) is 7.29. The van der Waals surface area contributed by atoms with Crippen LogP contribution in [-0.2, 0) is 4.79 Å². The van der Waals surface area contributed by atoms with Crippen LogP contribution in [0.15, 0.2) is 0 Å². The Bertz CT molecular complexity index is 205. The minimum Gasteiger partial charge on any atom is -0.388 e. The summed E-state index contributed by atoms with van der Waals surface area (Å²) in [5.41, 5.74) is -0.759. The normalized spacial score (nSPS) is 14.9. The average Bonchev–Trinajstić information content (AvgIpc) is 2.11. The van der Waals surface area contributed by atoms with Crippen LogP contribution < -0.4 is 10.6 Å². The summed E-state index contributed by atoms with van der Waals surface area (Å²) in [4.78, 5) is 13.1. The van der Waals surface area contributed by atoms with Crippen molar-refractivity contribution in [3.05, 3.63) is 0 Å². The lowest BCUT2D eigenvalue weighted by molar-refractivity contribution is -0.120. The highest BCUT2D eigenvalue weighted by Gasteiger charge is 2.20. The molecule has 0 heterocycles. The second-order valence-electron chi connectivity index (χ2n) is 4.62. The summed E-state index contributed by atoms with van der Waals surface area (Å²) < 4.78 is 0. The van der Waals surface area contributed by atoms with Crippen molar-refractivity contribution >= 4 is 5.91 Å². The minimum atomic E-state index is -0.759. The number of aliphatic hydroxyl groups is 1. The first-order valence-electron chi connectivity index (χ1n) is 5.72. The summed E-state index contributed by atoms with van der Waals surface area (Å²) in [6.45, 7) is 6.03. The van der Waals surface area contributed by atoms with Crippen molar-refractivity contribution in [2.24, 2.45) is 0 Å². The molecule has 0 radical (unpaired) electrons. The topological polar surface area (TPSA) is 64.6 Å². The average molecular weight is 231 g/mol. The Morgan fingerprint density at radius 2 is 2.06 bits per heavy atom. The molecule has 1 amide bonds. The molecule has 0 aromatic rings. The van der Waals surface area contributed by atoms with Gasteiger partial charge in [-0.3, -0.25) is 4.79 Å². The standard InChI is InChI=1S/C11H25N3O2/c1-5-13-10(15)6-7-12-8-11(2,16)9-14(3)4/h12,16H,5-9H2,1-4H3,(H,13,15). The fraction of sp³-hybridized carbons (Fsp3) is 0.909. The second kappa shape index (κ2) is 7.60. The van der Waals surface area contributed by atoms with Gasteiger partial charge in [-0.25, -0.2) is 0 Å². The Balaban J connectivity index is 3.61. The Morgan fingerprint density at radius 1 is 1.44 bits per heavy atom. The highest BCUT2D eigenvalue weighted by Crippen LogP contribution is 2.02. The third-order valence-corrected chi connectivity index (χ3v) is 2.07. The third-order valence-electron chi connectivity index (χ3n) is 2.07. The van der Waals surface area contributed by atoms with Gasteiger partial charge in [-0.15, -0.1) is 0 Å². The van der Waals surface area contributed by atoms with E-state index in [2.05, 4.69) is 10.6 Å². The molecular formula is C11H25N3O2. The first-order valence-corrected chi connectivity index (χ1v) is 5.72. The molecule has 3 N–H and O–H groups in total. The van der Waals surface area contributed by atoms with Gasteiger partial charge in [0.2, 0.25) is 5.91 Å². The molecule has 0 bridgehead atoms. The molecule has 96 valence electrons. The van der Waals surface area contributed by atoms with Crippen molar-refractivity contribution < 1.29 is 9.90 Å². The van der Waals surface area contributed by atoms with Crippen molar-refractivity contribution in [3.8, 4) is 0 Å². The van der Waals surface area contributed by atoms with Gasteiger partial charge >= 0.3 is 0 Å². The first kappa shape index (κ1) is 15.3. The van der Waals surface area contributed by atoms with Gasteiger partial charge in [0.05, 0.1) is 5.60 Å². The Hall–Kier alpha value is -0.650. The maximum atomic E-state index is 11.1. The highest BCUT2D eigenvalue weighted by atomic mass is 16.3. The number of nitrogens with zero attached hydrogens (tertiary/aromatic N) is 1. The zero-order chi connectivity index (χ0) is 12.6. The molecule has 0 fully saturated rings. The van der Waals surface area contributed by atoms with Crippen molar-refractivity contribution in [2.75, 3.05) is 40.3 Å². The minimum absolute atomic E-state index is 0.0438. The molecule has 1 atom stereocenters. The van der Waals surface area contributed by atoms with Gasteiger partial charge in [0.1, 0.15) is 0 Å². The van der Waals surface area contributed by atoms with Crippen LogP contribution in [0.2, 0.25) is 0 Å². The first-order chi connectivity index (χ1) is 7.37. The van der Waals surface area contributed by atoms with Crippen LogP contribution in [0.5, 0.6) is 0 Å². The smallest absolute Gasteiger partial charge is 0.221 e. The number of carbonyl (C=O) groups excluding carboxylic acids is 1. The molecule has 0 aliphatic heterocycles. The predicted molar refractivity (Wildman–Crippen MR) is 65.3 cm³/mol. The number of likely N-dealkylation sites (N-methyl/N-ethyl adjacent to an activating group) is 1. The summed E-state index contributed by atoms with van der Waals surface area (Å²) in [6, 6.07) is 0. The van der Waals surface area contributed by atoms with Crippen LogP contribution >= 0.6 is 0 Å². The van der Waals surface area contributed by atoms with Gasteiger partial charge in [-0.1, -0.05) is 0 Å². The summed E-state index contributed by atoms with van der Waals surface area (Å²) >= 11 is 0. The third kappa shape index (κ3) is 8.64. The van der Waals surface area contributed by atoms with Crippen LogP contribution in [0.25, 0.3) is 0 Å². The van der Waals surface area contributed by atoms with E-state index in [0.717, 1.165) is 0 Å². The zero-order valence-electron chi connectivity index (χ0n) is 10.8. The van der Waals surface area contributed by atoms with Crippen molar-refractivity contribution in [1.29, 1.82) is 0 Å². The molecule has 0 spiro atoms. The highest BCUT2D eigenvalue weighted by molar-refractivity contribution is 5.75. The lowest BCUT2D eigenvalue weighted by atomic mass is 10.1. The van der Waals surface area contributed by atoms with E-state index in [-0.39, 0.29) is 5.91 Å². The predicted octanol–water partition coefficient (Wildman–Crippen LogP) is -0.585. The van der Waals surface area contributed by atoms with E-state index in [1.807, 2.05) is 25.9 Å². The van der Waals surface area contributed by atoms with E-state index in [1.165, 1.54) is 0 Å². The molecule has 16 heavy (non-hydrogen) atoms. The van der Waals surface area contributed by atoms with Crippen molar-refractivity contribution in [2.45, 2.75) is 25.9 Å². The maximum Gasteiger partial charge on any atom is 0.221 e. The summed E-state index contributed by atoms with van der Waals surface area (Å²) in [7, 11) is 3.84. The molecule has 0 saturated carbocycles. The van der Waals surface area contributed by atoms with Crippen LogP contribution in [0.3, 0.4) is 0 Å². The monoisotopic (exact) mass is 231 g/mol. The van der Waals surface area contributed by atoms with Gasteiger partial charge in [-0.05, 0) is 27.9 Å². The van der Waals surface area contributed by atoms with E-state index in [4.69, 9.17) is 0 Å². The molecule has 0 aliphatic carbocycles. The molecule has 5 heteroatoms. The van der Waals surface area contributed by atoms with Crippen LogP contribution in [-0.4, -0.2) is 61.8 Å². The number of hydrogen-bond donors (Lipinski definition) is 3. The largest absolute Gasteiger partial charge is 0.388 e. The van der Waals surface area contributed by atoms with Gasteiger partial charge in [-0.2, -0.15) is 0 Å². The molecule has 0 saturated heterocycles. The molecule has 1 unspecified atom stereocenters. The molecular weight excluding hydrogens is 206 g/mol. The number of hydrogen-bond acceptors (Lipinski definition) is 4. The van der Waals surface area contributed by atoms with E-state index < -0.39 is 5.60 Å². The van der Waals surface area contributed by atoms with Crippen molar-refractivity contribution in [1.82, 2.24) is 15.5 Å². The summed E-state index contributed by atoms with van der Waals surface area (Å²) in [6.07, 6.45) is 0.450. The summed E-state index contributed by atoms with van der Waals surface area (Å²) in [5, 5.41) is 15.8. The van der Waals surface area contributed by atoms with Crippen molar-refractivity contribution in [3.63, 3.8) is 0 Å². The fourth-order valence-electron chi connectivity index (χ4n) is 1.58. The van der Waals surface area contributed by atoms with Crippen LogP contribution in [0.4, 0.5) is 0 Å². The molecule has 5 nitrogen and oxygen atoms in total. The maximum absolute atomic E-state index is 11.1. The number of amides is 1. The van der Waals surface area contributed by atoms with Gasteiger partial charge < -0.3 is 20.6 Å². The van der Waals surface area contributed by atoms with Gasteiger partial charge in [0.15, 0.2) is 0 Å². The lowest BCUT2D eigenvalue weighted by Crippen LogP contribution is -2.46. The van der Waals surface area contributed by atoms with Crippen LogP contribution in [0, 0.1) is 0 Å². The van der Waals surface area contributed by atoms with Gasteiger partial charge in [0.25, 0.3) is 0 Å². The zero-order valence-corrected chi connectivity index (χ0v) is 10.8. The van der Waals surface area contributed by atoms with E-state index in [0.29, 0.717) is 32.6 Å². The van der Waals surface area contributed by atoms with E-state index in [9.17, 15) is 9.90 Å². The summed E-state index contributed by atoms with van der Waals surface area (Å²) in [5.74, 6) is 0.0438. The second-order valence-corrected chi connectivity index (χ2v) is 4.62. The Morgan fingerprint density at radius 3 is 2.56 bits per heavy atom. The fourth-order valence-corrected chi connectivity index (χ4v) is 1.58.